The summed E-state index contributed by atoms with van der Waals surface area (Å²) in [4.78, 5) is 13.4. The summed E-state index contributed by atoms with van der Waals surface area (Å²) in [6.45, 7) is 11.4. The molecule has 2 aromatic rings. The summed E-state index contributed by atoms with van der Waals surface area (Å²) in [6.07, 6.45) is 4.25. The van der Waals surface area contributed by atoms with Gasteiger partial charge in [0.2, 0.25) is 0 Å². The van der Waals surface area contributed by atoms with Crippen LogP contribution in [0.4, 0.5) is 5.69 Å². The van der Waals surface area contributed by atoms with Crippen molar-refractivity contribution < 1.29 is 14.6 Å². The van der Waals surface area contributed by atoms with Crippen LogP contribution in [0.1, 0.15) is 81.5 Å². The van der Waals surface area contributed by atoms with E-state index in [1.807, 2.05) is 31.2 Å². The fourth-order valence-electron chi connectivity index (χ4n) is 6.42. The van der Waals surface area contributed by atoms with Gasteiger partial charge in [-0.25, -0.2) is 0 Å². The minimum absolute atomic E-state index is 0.0132. The van der Waals surface area contributed by atoms with E-state index >= 15 is 0 Å². The van der Waals surface area contributed by atoms with Crippen LogP contribution < -0.4 is 5.32 Å². The first-order chi connectivity index (χ1) is 16.1. The zero-order valence-electron chi connectivity index (χ0n) is 21.5. The molecule has 0 aromatic heterocycles. The van der Waals surface area contributed by atoms with E-state index in [1.165, 1.54) is 22.3 Å². The Balaban J connectivity index is 1.42. The lowest BCUT2D eigenvalue weighted by molar-refractivity contribution is -0.167. The number of hydrogen-bond acceptors (Lipinski definition) is 4. The maximum atomic E-state index is 13.4. The fourth-order valence-corrected chi connectivity index (χ4v) is 6.42. The lowest BCUT2D eigenvalue weighted by atomic mass is 9.49. The third kappa shape index (κ3) is 4.75. The highest BCUT2D eigenvalue weighted by molar-refractivity contribution is 5.77. The number of aliphatic hydroxyl groups excluding tert-OH is 1. The van der Waals surface area contributed by atoms with E-state index < -0.39 is 11.5 Å². The van der Waals surface area contributed by atoms with Crippen LogP contribution >= 0.6 is 0 Å². The van der Waals surface area contributed by atoms with Crippen molar-refractivity contribution >= 4 is 11.7 Å². The number of esters is 1. The van der Waals surface area contributed by atoms with Gasteiger partial charge in [0, 0.05) is 12.2 Å². The number of aliphatic hydroxyl groups is 1. The highest BCUT2D eigenvalue weighted by Crippen LogP contribution is 2.57. The van der Waals surface area contributed by atoms with Gasteiger partial charge in [-0.15, -0.1) is 0 Å². The van der Waals surface area contributed by atoms with Crippen molar-refractivity contribution in [1.82, 2.24) is 0 Å². The van der Waals surface area contributed by atoms with Gasteiger partial charge in [0.15, 0.2) is 0 Å². The molecule has 4 heteroatoms. The minimum Gasteiger partial charge on any atom is -0.462 e. The lowest BCUT2D eigenvalue weighted by Gasteiger charge is -2.54. The number of fused-ring (bicyclic) bond motifs is 3. The molecule has 0 amide bonds. The number of nitrogens with one attached hydrogen (secondary N) is 1. The maximum absolute atomic E-state index is 13.4. The zero-order valence-corrected chi connectivity index (χ0v) is 21.5. The van der Waals surface area contributed by atoms with Crippen LogP contribution in [-0.2, 0) is 21.4 Å². The number of rotatable bonds is 7. The van der Waals surface area contributed by atoms with Gasteiger partial charge in [0.25, 0.3) is 0 Å². The normalized spacial score (nSPS) is 27.0. The SMILES string of the molecule is Cc1ccc(NCC(O)COC(=O)[C@]2(C)CCC[C@]3(C)c4ccc(C(C)C)cc4CCC23)cc1. The van der Waals surface area contributed by atoms with E-state index in [0.29, 0.717) is 12.5 Å². The standard InChI is InChI=1S/C30H41NO3/c1-20(2)22-9-13-26-23(17-22)10-14-27-29(26,4)15-6-16-30(27,5)28(33)34-19-25(32)18-31-24-11-7-21(3)8-12-24/h7-9,11-13,17,20,25,27,31-32H,6,10,14-16,18-19H2,1-5H3/t25?,27?,29-,30-/m1/s1. The molecule has 2 N–H and O–H groups in total. The second-order valence-corrected chi connectivity index (χ2v) is 11.4. The second kappa shape index (κ2) is 9.73. The van der Waals surface area contributed by atoms with Gasteiger partial charge in [-0.05, 0) is 85.6 Å². The molecule has 2 unspecified atom stereocenters. The fraction of sp³-hybridized carbons (Fsp3) is 0.567. The summed E-state index contributed by atoms with van der Waals surface area (Å²) in [5, 5.41) is 13.7. The molecule has 2 aliphatic rings. The van der Waals surface area contributed by atoms with Crippen LogP contribution in [0.15, 0.2) is 42.5 Å². The molecule has 4 rings (SSSR count). The number of carbonyl (C=O) groups excluding carboxylic acids is 1. The average Bonchev–Trinajstić information content (AvgIpc) is 2.81. The van der Waals surface area contributed by atoms with Crippen LogP contribution in [0, 0.1) is 18.3 Å². The zero-order chi connectivity index (χ0) is 24.5. The van der Waals surface area contributed by atoms with E-state index in [2.05, 4.69) is 51.2 Å². The topological polar surface area (TPSA) is 58.6 Å². The Morgan fingerprint density at radius 1 is 1.15 bits per heavy atom. The van der Waals surface area contributed by atoms with E-state index in [1.54, 1.807) is 0 Å². The van der Waals surface area contributed by atoms with Crippen molar-refractivity contribution in [3.8, 4) is 0 Å². The molecular weight excluding hydrogens is 422 g/mol. The van der Waals surface area contributed by atoms with Crippen LogP contribution in [0.5, 0.6) is 0 Å². The summed E-state index contributed by atoms with van der Waals surface area (Å²) in [5.41, 5.74) is 5.89. The number of anilines is 1. The van der Waals surface area contributed by atoms with Gasteiger partial charge in [0.05, 0.1) is 5.41 Å². The summed E-state index contributed by atoms with van der Waals surface area (Å²) in [7, 11) is 0. The van der Waals surface area contributed by atoms with Crippen molar-refractivity contribution in [3.05, 3.63) is 64.7 Å². The van der Waals surface area contributed by atoms with E-state index in [-0.39, 0.29) is 23.9 Å². The molecule has 0 aliphatic heterocycles. The highest BCUT2D eigenvalue weighted by Gasteiger charge is 2.55. The van der Waals surface area contributed by atoms with Gasteiger partial charge in [0.1, 0.15) is 12.7 Å². The molecule has 34 heavy (non-hydrogen) atoms. The molecule has 0 radical (unpaired) electrons. The maximum Gasteiger partial charge on any atom is 0.312 e. The highest BCUT2D eigenvalue weighted by atomic mass is 16.5. The smallest absolute Gasteiger partial charge is 0.312 e. The number of ether oxygens (including phenoxy) is 1. The Bertz CT molecular complexity index is 1010. The van der Waals surface area contributed by atoms with Crippen LogP contribution in [0.2, 0.25) is 0 Å². The predicted octanol–water partition coefficient (Wildman–Crippen LogP) is 6.14. The Labute approximate surface area is 205 Å². The van der Waals surface area contributed by atoms with E-state index in [9.17, 15) is 9.90 Å². The second-order valence-electron chi connectivity index (χ2n) is 11.4. The van der Waals surface area contributed by atoms with Crippen molar-refractivity contribution in [3.63, 3.8) is 0 Å². The largest absolute Gasteiger partial charge is 0.462 e. The Morgan fingerprint density at radius 2 is 1.88 bits per heavy atom. The lowest BCUT2D eigenvalue weighted by Crippen LogP contribution is -2.53. The number of aryl methyl sites for hydroxylation is 2. The number of benzene rings is 2. The monoisotopic (exact) mass is 463 g/mol. The molecule has 0 heterocycles. The minimum atomic E-state index is -0.745. The van der Waals surface area contributed by atoms with Crippen LogP contribution in [0.25, 0.3) is 0 Å². The summed E-state index contributed by atoms with van der Waals surface area (Å²) < 4.78 is 5.76. The molecule has 0 bridgehead atoms. The van der Waals surface area contributed by atoms with Crippen molar-refractivity contribution in [2.75, 3.05) is 18.5 Å². The van der Waals surface area contributed by atoms with E-state index in [0.717, 1.165) is 37.8 Å². The third-order valence-corrected chi connectivity index (χ3v) is 8.51. The van der Waals surface area contributed by atoms with Gasteiger partial charge in [-0.3, -0.25) is 4.79 Å². The van der Waals surface area contributed by atoms with Gasteiger partial charge < -0.3 is 15.2 Å². The first-order valence-electron chi connectivity index (χ1n) is 12.9. The molecule has 0 saturated heterocycles. The number of carbonyl (C=O) groups is 1. The van der Waals surface area contributed by atoms with Gasteiger partial charge >= 0.3 is 5.97 Å². The molecule has 4 atom stereocenters. The predicted molar refractivity (Wildman–Crippen MR) is 138 cm³/mol. The Kier molecular flexibility index (Phi) is 7.09. The Hall–Kier alpha value is -2.33. The summed E-state index contributed by atoms with van der Waals surface area (Å²) in [5.74, 6) is 0.621. The van der Waals surface area contributed by atoms with Gasteiger partial charge in [-0.1, -0.05) is 63.1 Å². The van der Waals surface area contributed by atoms with E-state index in [4.69, 9.17) is 4.74 Å². The molecule has 4 nitrogen and oxygen atoms in total. The van der Waals surface area contributed by atoms with Gasteiger partial charge in [-0.2, -0.15) is 0 Å². The van der Waals surface area contributed by atoms with Crippen LogP contribution in [-0.4, -0.2) is 30.3 Å². The molecule has 184 valence electrons. The Morgan fingerprint density at radius 3 is 2.59 bits per heavy atom. The molecule has 0 spiro atoms. The van der Waals surface area contributed by atoms with Crippen molar-refractivity contribution in [1.29, 1.82) is 0 Å². The molecular formula is C30H41NO3. The van der Waals surface area contributed by atoms with Crippen molar-refractivity contribution in [2.45, 2.75) is 84.2 Å². The number of hydrogen-bond donors (Lipinski definition) is 2. The summed E-state index contributed by atoms with van der Waals surface area (Å²) in [6, 6.07) is 15.0. The summed E-state index contributed by atoms with van der Waals surface area (Å²) >= 11 is 0. The van der Waals surface area contributed by atoms with Crippen LogP contribution in [0.3, 0.4) is 0 Å². The quantitative estimate of drug-likeness (QED) is 0.484. The molecule has 2 aromatic carbocycles. The molecule has 1 fully saturated rings. The third-order valence-electron chi connectivity index (χ3n) is 8.51. The first-order valence-corrected chi connectivity index (χ1v) is 12.9. The average molecular weight is 464 g/mol. The molecule has 1 saturated carbocycles. The first kappa shape index (κ1) is 24.8. The molecule has 2 aliphatic carbocycles. The van der Waals surface area contributed by atoms with Crippen molar-refractivity contribution in [2.24, 2.45) is 11.3 Å².